The van der Waals surface area contributed by atoms with E-state index >= 15 is 0 Å². The Morgan fingerprint density at radius 2 is 2.00 bits per heavy atom. The largest absolute Gasteiger partial charge is 0.299 e. The Hall–Kier alpha value is -0.580. The summed E-state index contributed by atoms with van der Waals surface area (Å²) in [5.41, 5.74) is 2.32. The van der Waals surface area contributed by atoms with Gasteiger partial charge in [-0.15, -0.1) is 12.6 Å². The Bertz CT molecular complexity index is 335. The van der Waals surface area contributed by atoms with Crippen molar-refractivity contribution in [2.24, 2.45) is 0 Å². The van der Waals surface area contributed by atoms with Gasteiger partial charge in [-0.1, -0.05) is 30.3 Å². The first-order chi connectivity index (χ1) is 6.29. The molecule has 0 aromatic heterocycles. The van der Waals surface area contributed by atoms with Crippen molar-refractivity contribution >= 4 is 30.3 Å². The van der Waals surface area contributed by atoms with Crippen LogP contribution in [0.15, 0.2) is 34.6 Å². The Morgan fingerprint density at radius 1 is 1.31 bits per heavy atom. The molecule has 0 bridgehead atoms. The van der Waals surface area contributed by atoms with E-state index in [1.54, 1.807) is 0 Å². The van der Waals surface area contributed by atoms with Gasteiger partial charge in [0.05, 0.1) is 9.93 Å². The fourth-order valence-corrected chi connectivity index (χ4v) is 2.33. The highest BCUT2D eigenvalue weighted by Gasteiger charge is 2.18. The van der Waals surface area contributed by atoms with Crippen LogP contribution in [0.3, 0.4) is 0 Å². The molecule has 0 aliphatic carbocycles. The van der Waals surface area contributed by atoms with Crippen LogP contribution >= 0.6 is 24.6 Å². The van der Waals surface area contributed by atoms with E-state index in [9.17, 15) is 0 Å². The van der Waals surface area contributed by atoms with E-state index in [1.807, 2.05) is 30.3 Å². The minimum atomic E-state index is 1.01. The maximum atomic E-state index is 4.40. The van der Waals surface area contributed by atoms with E-state index in [2.05, 4.69) is 29.6 Å². The molecule has 0 fully saturated rings. The first-order valence-corrected chi connectivity index (χ1v) is 5.20. The molecule has 1 aliphatic rings. The van der Waals surface area contributed by atoms with Crippen molar-refractivity contribution in [2.45, 2.75) is 0 Å². The third kappa shape index (κ3) is 1.70. The second kappa shape index (κ2) is 3.65. The summed E-state index contributed by atoms with van der Waals surface area (Å²) in [6.45, 7) is 0. The number of nitrogens with zero attached hydrogens (tertiary/aromatic N) is 1. The average Bonchev–Trinajstić information content (AvgIpc) is 2.48. The number of thiol groups is 1. The van der Waals surface area contributed by atoms with Gasteiger partial charge in [0.15, 0.2) is 0 Å². The molecule has 0 saturated heterocycles. The van der Waals surface area contributed by atoms with Crippen molar-refractivity contribution in [3.63, 3.8) is 0 Å². The summed E-state index contributed by atoms with van der Waals surface area (Å²) < 4.78 is 1.01. The van der Waals surface area contributed by atoms with Gasteiger partial charge in [-0.3, -0.25) is 5.01 Å². The van der Waals surface area contributed by atoms with Gasteiger partial charge in [0.2, 0.25) is 0 Å². The molecule has 0 unspecified atom stereocenters. The number of hydrogen-bond acceptors (Lipinski definition) is 4. The van der Waals surface area contributed by atoms with Crippen molar-refractivity contribution in [2.75, 3.05) is 7.05 Å². The third-order valence-electron chi connectivity index (χ3n) is 1.86. The lowest BCUT2D eigenvalue weighted by molar-refractivity contribution is 0.468. The molecule has 1 aromatic carbocycles. The van der Waals surface area contributed by atoms with Gasteiger partial charge in [-0.25, -0.2) is 0 Å². The fraction of sp³-hybridized carbons (Fsp3) is 0.111. The zero-order chi connectivity index (χ0) is 9.26. The van der Waals surface area contributed by atoms with Crippen LogP contribution in [-0.2, 0) is 0 Å². The molecule has 4 heteroatoms. The zero-order valence-corrected chi connectivity index (χ0v) is 8.90. The van der Waals surface area contributed by atoms with Crippen LogP contribution in [0.1, 0.15) is 5.56 Å². The first-order valence-electron chi connectivity index (χ1n) is 3.94. The van der Waals surface area contributed by atoms with Crippen LogP contribution < -0.4 is 4.83 Å². The van der Waals surface area contributed by atoms with Crippen LogP contribution in [0.2, 0.25) is 0 Å². The SMILES string of the molecule is CN1NSC(S)=C1c1ccccc1. The second-order valence-corrected chi connectivity index (χ2v) is 4.32. The van der Waals surface area contributed by atoms with Crippen molar-refractivity contribution in [1.82, 2.24) is 9.84 Å². The molecular formula is C9H10N2S2. The molecule has 2 rings (SSSR count). The molecule has 1 heterocycles. The van der Waals surface area contributed by atoms with Gasteiger partial charge in [0, 0.05) is 12.6 Å². The Balaban J connectivity index is 2.41. The van der Waals surface area contributed by atoms with Crippen LogP contribution in [-0.4, -0.2) is 12.1 Å². The van der Waals surface area contributed by atoms with Crippen LogP contribution in [0.4, 0.5) is 0 Å². The highest BCUT2D eigenvalue weighted by Crippen LogP contribution is 2.35. The summed E-state index contributed by atoms with van der Waals surface area (Å²) in [6, 6.07) is 10.2. The van der Waals surface area contributed by atoms with Gasteiger partial charge in [0.1, 0.15) is 0 Å². The molecular weight excluding hydrogens is 200 g/mol. The molecule has 13 heavy (non-hydrogen) atoms. The number of nitrogens with one attached hydrogen (secondary N) is 1. The summed E-state index contributed by atoms with van der Waals surface area (Å²) in [5, 5.41) is 1.97. The minimum absolute atomic E-state index is 1.01. The molecule has 1 N–H and O–H groups in total. The molecule has 0 radical (unpaired) electrons. The molecule has 0 saturated carbocycles. The number of benzene rings is 1. The quantitative estimate of drug-likeness (QED) is 0.547. The predicted octanol–water partition coefficient (Wildman–Crippen LogP) is 2.34. The monoisotopic (exact) mass is 210 g/mol. The lowest BCUT2D eigenvalue weighted by Crippen LogP contribution is -2.21. The molecule has 1 aromatic rings. The Labute approximate surface area is 87.5 Å². The normalized spacial score (nSPS) is 16.9. The fourth-order valence-electron chi connectivity index (χ4n) is 1.26. The molecule has 0 amide bonds. The maximum absolute atomic E-state index is 4.40. The molecule has 2 nitrogen and oxygen atoms in total. The summed E-state index contributed by atoms with van der Waals surface area (Å²) >= 11 is 5.92. The summed E-state index contributed by atoms with van der Waals surface area (Å²) in [7, 11) is 1.98. The molecule has 68 valence electrons. The van der Waals surface area contributed by atoms with Crippen molar-refractivity contribution in [1.29, 1.82) is 0 Å². The maximum Gasteiger partial charge on any atom is 0.0809 e. The van der Waals surface area contributed by atoms with Gasteiger partial charge < -0.3 is 0 Å². The topological polar surface area (TPSA) is 15.3 Å². The standard InChI is InChI=1S/C9H10N2S2/c1-11-8(9(12)13-10-11)7-5-3-2-4-6-7/h2-6,10,12H,1H3. The lowest BCUT2D eigenvalue weighted by atomic mass is 10.2. The van der Waals surface area contributed by atoms with Crippen LogP contribution in [0.5, 0.6) is 0 Å². The summed E-state index contributed by atoms with van der Waals surface area (Å²) in [5.74, 6) is 0. The number of hydrogen-bond donors (Lipinski definition) is 2. The number of rotatable bonds is 1. The van der Waals surface area contributed by atoms with E-state index in [0.29, 0.717) is 0 Å². The van der Waals surface area contributed by atoms with Crippen LogP contribution in [0, 0.1) is 0 Å². The Morgan fingerprint density at radius 3 is 2.54 bits per heavy atom. The second-order valence-electron chi connectivity index (χ2n) is 2.77. The smallest absolute Gasteiger partial charge is 0.0809 e. The molecule has 1 aliphatic heterocycles. The highest BCUT2D eigenvalue weighted by atomic mass is 32.2. The van der Waals surface area contributed by atoms with E-state index in [1.165, 1.54) is 17.5 Å². The average molecular weight is 210 g/mol. The van der Waals surface area contributed by atoms with Gasteiger partial charge in [0.25, 0.3) is 0 Å². The van der Waals surface area contributed by atoms with E-state index in [-0.39, 0.29) is 0 Å². The van der Waals surface area contributed by atoms with Crippen molar-refractivity contribution in [3.8, 4) is 0 Å². The minimum Gasteiger partial charge on any atom is -0.299 e. The van der Waals surface area contributed by atoms with Crippen LogP contribution in [0.25, 0.3) is 5.70 Å². The first kappa shape index (κ1) is 8.99. The van der Waals surface area contributed by atoms with E-state index in [0.717, 1.165) is 9.93 Å². The third-order valence-corrected chi connectivity index (χ3v) is 3.10. The Kier molecular flexibility index (Phi) is 2.53. The predicted molar refractivity (Wildman–Crippen MR) is 60.8 cm³/mol. The summed E-state index contributed by atoms with van der Waals surface area (Å²) in [6.07, 6.45) is 0. The molecule has 0 atom stereocenters. The van der Waals surface area contributed by atoms with Crippen molar-refractivity contribution in [3.05, 3.63) is 40.1 Å². The van der Waals surface area contributed by atoms with Gasteiger partial charge >= 0.3 is 0 Å². The van der Waals surface area contributed by atoms with Gasteiger partial charge in [-0.05, 0) is 11.9 Å². The van der Waals surface area contributed by atoms with Crippen molar-refractivity contribution < 1.29 is 0 Å². The van der Waals surface area contributed by atoms with Gasteiger partial charge in [-0.2, -0.15) is 4.83 Å². The molecule has 0 spiro atoms. The van der Waals surface area contributed by atoms with E-state index in [4.69, 9.17) is 0 Å². The summed E-state index contributed by atoms with van der Waals surface area (Å²) in [4.78, 5) is 3.12. The number of hydrazine groups is 1. The van der Waals surface area contributed by atoms with E-state index < -0.39 is 0 Å². The zero-order valence-electron chi connectivity index (χ0n) is 7.19. The lowest BCUT2D eigenvalue weighted by Gasteiger charge is -2.14. The highest BCUT2D eigenvalue weighted by molar-refractivity contribution is 8.14.